The summed E-state index contributed by atoms with van der Waals surface area (Å²) < 4.78 is 34.8. The van der Waals surface area contributed by atoms with E-state index in [0.717, 1.165) is 22.8 Å². The smallest absolute Gasteiger partial charge is 0.332 e. The number of sulfone groups is 1. The van der Waals surface area contributed by atoms with E-state index in [1.165, 1.54) is 18.1 Å². The summed E-state index contributed by atoms with van der Waals surface area (Å²) in [7, 11) is -0.522. The Balaban J connectivity index is 1.95. The minimum absolute atomic E-state index is 0.150. The van der Waals surface area contributed by atoms with Crippen LogP contribution in [0.4, 0.5) is 5.69 Å². The van der Waals surface area contributed by atoms with E-state index in [0.29, 0.717) is 28.1 Å². The summed E-state index contributed by atoms with van der Waals surface area (Å²) in [5.74, 6) is -0.366. The van der Waals surface area contributed by atoms with Crippen LogP contribution in [0.25, 0.3) is 6.08 Å². The largest absolute Gasteiger partial charge is 0.496 e. The highest BCUT2D eigenvalue weighted by atomic mass is 32.2. The van der Waals surface area contributed by atoms with Crippen LogP contribution in [0.3, 0.4) is 0 Å². The maximum Gasteiger partial charge on any atom is 0.332 e. The number of esters is 1. The molecule has 0 saturated carbocycles. The van der Waals surface area contributed by atoms with Crippen LogP contribution in [0.1, 0.15) is 53.4 Å². The van der Waals surface area contributed by atoms with Crippen molar-refractivity contribution in [2.24, 2.45) is 0 Å². The lowest BCUT2D eigenvalue weighted by atomic mass is 9.84. The van der Waals surface area contributed by atoms with Crippen LogP contribution in [0.5, 0.6) is 5.75 Å². The number of hydrogen-bond donors (Lipinski definition) is 0. The zero-order valence-corrected chi connectivity index (χ0v) is 24.5. The van der Waals surface area contributed by atoms with Gasteiger partial charge >= 0.3 is 5.97 Å². The Morgan fingerprint density at radius 1 is 1.00 bits per heavy atom. The number of fused-ring (bicyclic) bond motifs is 1. The van der Waals surface area contributed by atoms with E-state index in [1.807, 2.05) is 36.4 Å². The van der Waals surface area contributed by atoms with E-state index < -0.39 is 21.3 Å². The van der Waals surface area contributed by atoms with Crippen molar-refractivity contribution in [3.63, 3.8) is 0 Å². The van der Waals surface area contributed by atoms with Gasteiger partial charge in [0.25, 0.3) is 5.91 Å². The molecule has 1 heterocycles. The summed E-state index contributed by atoms with van der Waals surface area (Å²) in [4.78, 5) is 29.7. The van der Waals surface area contributed by atoms with Crippen molar-refractivity contribution in [2.45, 2.75) is 44.6 Å². The SMILES string of the molecule is COC(=O)C1(Cc2ccccc2)Cc2c(C=CS(C)(=O)=O)cccc2N1C(=O)c1ccc(C(C)(C)C)c(OC)c1. The minimum Gasteiger partial charge on any atom is -0.496 e. The number of rotatable bonds is 7. The lowest BCUT2D eigenvalue weighted by molar-refractivity contribution is -0.146. The molecule has 8 heteroatoms. The molecular weight excluding hydrogens is 526 g/mol. The number of carbonyl (C=O) groups excluding carboxylic acids is 2. The molecule has 1 aliphatic heterocycles. The number of ether oxygens (including phenoxy) is 2. The Morgan fingerprint density at radius 2 is 1.70 bits per heavy atom. The number of anilines is 1. The Hall–Kier alpha value is -3.91. The average molecular weight is 562 g/mol. The molecule has 0 N–H and O–H groups in total. The molecule has 4 rings (SSSR count). The number of methoxy groups -OCH3 is 2. The highest BCUT2D eigenvalue weighted by Gasteiger charge is 2.54. The summed E-state index contributed by atoms with van der Waals surface area (Å²) in [6, 6.07) is 20.1. The average Bonchev–Trinajstić information content (AvgIpc) is 3.25. The zero-order valence-electron chi connectivity index (χ0n) is 23.7. The van der Waals surface area contributed by atoms with Gasteiger partial charge < -0.3 is 9.47 Å². The van der Waals surface area contributed by atoms with Gasteiger partial charge in [-0.3, -0.25) is 9.69 Å². The molecular formula is C32H35NO6S. The molecule has 0 spiro atoms. The first-order valence-corrected chi connectivity index (χ1v) is 14.9. The fourth-order valence-corrected chi connectivity index (χ4v) is 5.72. The Labute approximate surface area is 236 Å². The summed E-state index contributed by atoms with van der Waals surface area (Å²) >= 11 is 0. The Kier molecular flexibility index (Phi) is 7.94. The predicted molar refractivity (Wildman–Crippen MR) is 157 cm³/mol. The first-order chi connectivity index (χ1) is 18.8. The molecule has 40 heavy (non-hydrogen) atoms. The highest BCUT2D eigenvalue weighted by Crippen LogP contribution is 2.45. The number of nitrogens with zero attached hydrogens (tertiary/aromatic N) is 1. The quantitative estimate of drug-likeness (QED) is 0.361. The van der Waals surface area contributed by atoms with Gasteiger partial charge in [0.05, 0.1) is 14.2 Å². The van der Waals surface area contributed by atoms with E-state index in [9.17, 15) is 18.0 Å². The van der Waals surface area contributed by atoms with Crippen LogP contribution in [0, 0.1) is 0 Å². The maximum atomic E-state index is 14.4. The molecule has 1 atom stereocenters. The van der Waals surface area contributed by atoms with Crippen molar-refractivity contribution < 1.29 is 27.5 Å². The van der Waals surface area contributed by atoms with Gasteiger partial charge in [0.2, 0.25) is 0 Å². The van der Waals surface area contributed by atoms with Gasteiger partial charge in [0.15, 0.2) is 15.4 Å². The molecule has 0 bridgehead atoms. The van der Waals surface area contributed by atoms with Crippen LogP contribution < -0.4 is 9.64 Å². The van der Waals surface area contributed by atoms with Crippen LogP contribution in [0.2, 0.25) is 0 Å². The van der Waals surface area contributed by atoms with E-state index >= 15 is 0 Å². The van der Waals surface area contributed by atoms with Crippen LogP contribution in [-0.2, 0) is 37.6 Å². The van der Waals surface area contributed by atoms with Crippen molar-refractivity contribution >= 4 is 33.5 Å². The molecule has 1 unspecified atom stereocenters. The van der Waals surface area contributed by atoms with E-state index in [2.05, 4.69) is 20.8 Å². The molecule has 0 saturated heterocycles. The second kappa shape index (κ2) is 10.9. The molecule has 0 aromatic heterocycles. The number of amides is 1. The van der Waals surface area contributed by atoms with Gasteiger partial charge in [-0.05, 0) is 51.9 Å². The summed E-state index contributed by atoms with van der Waals surface area (Å²) in [6.45, 7) is 6.20. The molecule has 7 nitrogen and oxygen atoms in total. The third kappa shape index (κ3) is 5.68. The molecule has 1 amide bonds. The molecule has 3 aromatic carbocycles. The zero-order chi connectivity index (χ0) is 29.3. The Bertz CT molecular complexity index is 1570. The number of benzene rings is 3. The summed E-state index contributed by atoms with van der Waals surface area (Å²) in [6.07, 6.45) is 2.98. The number of carbonyl (C=O) groups is 2. The molecule has 3 aromatic rings. The fraction of sp³-hybridized carbons (Fsp3) is 0.312. The third-order valence-electron chi connectivity index (χ3n) is 7.18. The molecule has 0 aliphatic carbocycles. The van der Waals surface area contributed by atoms with Crippen LogP contribution in [-0.4, -0.2) is 46.3 Å². The minimum atomic E-state index is -3.40. The topological polar surface area (TPSA) is 90.0 Å². The third-order valence-corrected chi connectivity index (χ3v) is 7.82. The van der Waals surface area contributed by atoms with Crippen LogP contribution >= 0.6 is 0 Å². The molecule has 1 aliphatic rings. The van der Waals surface area contributed by atoms with E-state index in [4.69, 9.17) is 9.47 Å². The normalized spacial score (nSPS) is 17.1. The highest BCUT2D eigenvalue weighted by molar-refractivity contribution is 7.93. The van der Waals surface area contributed by atoms with Crippen molar-refractivity contribution in [3.05, 3.63) is 100.0 Å². The van der Waals surface area contributed by atoms with E-state index in [1.54, 1.807) is 37.4 Å². The monoisotopic (exact) mass is 561 g/mol. The standard InChI is InChI=1S/C32H35NO6S/c1-31(2,3)26-16-15-24(19-28(26)38-4)29(34)33-27-14-10-13-23(17-18-40(6,36)37)25(27)21-32(33,30(35)39-5)20-22-11-8-7-9-12-22/h7-19H,20-21H2,1-6H3. The summed E-state index contributed by atoms with van der Waals surface area (Å²) in [5, 5.41) is 1.13. The van der Waals surface area contributed by atoms with Crippen molar-refractivity contribution in [1.82, 2.24) is 0 Å². The summed E-state index contributed by atoms with van der Waals surface area (Å²) in [5.41, 5.74) is 2.38. The number of hydrogen-bond acceptors (Lipinski definition) is 6. The molecule has 0 radical (unpaired) electrons. The van der Waals surface area contributed by atoms with Crippen LogP contribution in [0.15, 0.2) is 72.1 Å². The lowest BCUT2D eigenvalue weighted by Gasteiger charge is -2.36. The van der Waals surface area contributed by atoms with Crippen molar-refractivity contribution in [2.75, 3.05) is 25.4 Å². The second-order valence-electron chi connectivity index (χ2n) is 11.1. The molecule has 0 fully saturated rings. The van der Waals surface area contributed by atoms with E-state index in [-0.39, 0.29) is 24.2 Å². The van der Waals surface area contributed by atoms with Gasteiger partial charge in [0, 0.05) is 35.8 Å². The first kappa shape index (κ1) is 29.1. The predicted octanol–water partition coefficient (Wildman–Crippen LogP) is 5.37. The van der Waals surface area contributed by atoms with Gasteiger partial charge in [0.1, 0.15) is 5.75 Å². The van der Waals surface area contributed by atoms with Gasteiger partial charge in [-0.25, -0.2) is 13.2 Å². The van der Waals surface area contributed by atoms with Crippen molar-refractivity contribution in [1.29, 1.82) is 0 Å². The fourth-order valence-electron chi connectivity index (χ4n) is 5.33. The maximum absolute atomic E-state index is 14.4. The first-order valence-electron chi connectivity index (χ1n) is 13.0. The second-order valence-corrected chi connectivity index (χ2v) is 13.1. The lowest BCUT2D eigenvalue weighted by Crippen LogP contribution is -2.58. The van der Waals surface area contributed by atoms with Gasteiger partial charge in [-0.15, -0.1) is 0 Å². The van der Waals surface area contributed by atoms with Gasteiger partial charge in [-0.1, -0.05) is 69.3 Å². The Morgan fingerprint density at radius 3 is 2.30 bits per heavy atom. The van der Waals surface area contributed by atoms with Gasteiger partial charge in [-0.2, -0.15) is 0 Å². The molecule has 210 valence electrons. The van der Waals surface area contributed by atoms with Crippen molar-refractivity contribution in [3.8, 4) is 5.75 Å².